The largest absolute Gasteiger partial charge is 0.486 e. The lowest BCUT2D eigenvalue weighted by Crippen LogP contribution is -2.41. The smallest absolute Gasteiger partial charge is 0.291 e. The van der Waals surface area contributed by atoms with Crippen LogP contribution in [0.2, 0.25) is 0 Å². The number of hydrogen-bond acceptors (Lipinski definition) is 5. The Morgan fingerprint density at radius 2 is 1.79 bits per heavy atom. The molecule has 2 heterocycles. The topological polar surface area (TPSA) is 85.6 Å². The number of nitrogens with one attached hydrogen (secondary N) is 1. The number of anilines is 1. The monoisotopic (exact) mass is 445 g/mol. The van der Waals surface area contributed by atoms with Crippen LogP contribution in [0.4, 0.5) is 5.69 Å². The van der Waals surface area contributed by atoms with E-state index in [1.165, 1.54) is 19.8 Å². The van der Waals surface area contributed by atoms with Gasteiger partial charge < -0.3 is 14.5 Å². The number of ketones is 2. The zero-order chi connectivity index (χ0) is 23.2. The first-order valence-electron chi connectivity index (χ1n) is 11.6. The van der Waals surface area contributed by atoms with Gasteiger partial charge in [0, 0.05) is 22.2 Å². The minimum absolute atomic E-state index is 0.0498. The number of hydrogen-bond donors (Lipinski definition) is 1. The molecule has 5 rings (SSSR count). The van der Waals surface area contributed by atoms with Crippen LogP contribution in [-0.4, -0.2) is 23.1 Å². The molecule has 6 heteroatoms. The number of carbonyl (C=O) groups excluding carboxylic acids is 3. The van der Waals surface area contributed by atoms with Crippen molar-refractivity contribution in [1.29, 1.82) is 0 Å². The molecule has 1 aliphatic carbocycles. The minimum Gasteiger partial charge on any atom is -0.486 e. The number of Topliss-reactive ketones (excluding diaryl/α,β-unsaturated/α-hetero) is 2. The Morgan fingerprint density at radius 3 is 2.52 bits per heavy atom. The zero-order valence-corrected chi connectivity index (χ0v) is 19.0. The highest BCUT2D eigenvalue weighted by Crippen LogP contribution is 2.44. The highest BCUT2D eigenvalue weighted by Gasteiger charge is 2.42. The first kappa shape index (κ1) is 21.4. The lowest BCUT2D eigenvalue weighted by Gasteiger charge is -2.37. The van der Waals surface area contributed by atoms with E-state index in [2.05, 4.69) is 5.32 Å². The summed E-state index contributed by atoms with van der Waals surface area (Å²) >= 11 is 0. The van der Waals surface area contributed by atoms with Gasteiger partial charge in [-0.05, 0) is 63.8 Å². The average molecular weight is 446 g/mol. The molecule has 0 atom stereocenters. The van der Waals surface area contributed by atoms with E-state index >= 15 is 0 Å². The van der Waals surface area contributed by atoms with E-state index in [0.717, 1.165) is 25.7 Å². The second-order valence-electron chi connectivity index (χ2n) is 9.26. The molecule has 0 bridgehead atoms. The van der Waals surface area contributed by atoms with E-state index in [1.807, 2.05) is 0 Å². The number of aryl methyl sites for hydroxylation is 1. The van der Waals surface area contributed by atoms with Crippen LogP contribution in [-0.2, 0) is 0 Å². The number of benzene rings is 2. The molecule has 2 aromatic carbocycles. The summed E-state index contributed by atoms with van der Waals surface area (Å²) in [7, 11) is 0. The molecule has 1 aliphatic heterocycles. The first-order valence-corrected chi connectivity index (χ1v) is 11.6. The fourth-order valence-electron chi connectivity index (χ4n) is 5.21. The standard InChI is InChI=1S/C27H27NO5/c1-16-23-21(32-25(16)26(31)28-19-9-7-8-18(14-19)17(2)29)10-11-22-24(23)20(30)15-27(33-22)12-5-3-4-6-13-27/h7-11,14H,3-6,12-13,15H2,1-2H3,(H,28,31). The Bertz CT molecular complexity index is 1280. The van der Waals surface area contributed by atoms with Crippen molar-refractivity contribution in [2.75, 3.05) is 5.32 Å². The summed E-state index contributed by atoms with van der Waals surface area (Å²) < 4.78 is 12.4. The summed E-state index contributed by atoms with van der Waals surface area (Å²) in [6.45, 7) is 3.27. The molecule has 0 saturated heterocycles. The van der Waals surface area contributed by atoms with Gasteiger partial charge >= 0.3 is 0 Å². The van der Waals surface area contributed by atoms with Crippen molar-refractivity contribution < 1.29 is 23.5 Å². The Morgan fingerprint density at radius 1 is 1.03 bits per heavy atom. The number of fused-ring (bicyclic) bond motifs is 3. The molecule has 2 aliphatic rings. The van der Waals surface area contributed by atoms with Crippen molar-refractivity contribution in [2.45, 2.75) is 64.4 Å². The fourth-order valence-corrected chi connectivity index (χ4v) is 5.21. The molecule has 1 N–H and O–H groups in total. The van der Waals surface area contributed by atoms with Crippen LogP contribution in [0.1, 0.15) is 88.7 Å². The van der Waals surface area contributed by atoms with Gasteiger partial charge in [0.1, 0.15) is 16.9 Å². The van der Waals surface area contributed by atoms with Gasteiger partial charge in [-0.25, -0.2) is 0 Å². The number of rotatable bonds is 3. The lowest BCUT2D eigenvalue weighted by atomic mass is 9.83. The predicted molar refractivity (Wildman–Crippen MR) is 125 cm³/mol. The van der Waals surface area contributed by atoms with Crippen LogP contribution in [0, 0.1) is 6.92 Å². The fraction of sp³-hybridized carbons (Fsp3) is 0.370. The summed E-state index contributed by atoms with van der Waals surface area (Å²) in [6.07, 6.45) is 6.67. The van der Waals surface area contributed by atoms with Crippen LogP contribution in [0.15, 0.2) is 40.8 Å². The molecule has 33 heavy (non-hydrogen) atoms. The molecule has 1 saturated carbocycles. The molecule has 0 radical (unpaired) electrons. The second kappa shape index (κ2) is 8.18. The Kier molecular flexibility index (Phi) is 5.31. The molecular formula is C27H27NO5. The third-order valence-corrected chi connectivity index (χ3v) is 6.89. The van der Waals surface area contributed by atoms with Crippen LogP contribution < -0.4 is 10.1 Å². The van der Waals surface area contributed by atoms with E-state index in [9.17, 15) is 14.4 Å². The van der Waals surface area contributed by atoms with Crippen molar-refractivity contribution in [3.8, 4) is 5.75 Å². The van der Waals surface area contributed by atoms with Crippen molar-refractivity contribution in [2.24, 2.45) is 0 Å². The minimum atomic E-state index is -0.428. The van der Waals surface area contributed by atoms with Crippen molar-refractivity contribution in [1.82, 2.24) is 0 Å². The van der Waals surface area contributed by atoms with E-state index in [4.69, 9.17) is 9.15 Å². The second-order valence-corrected chi connectivity index (χ2v) is 9.26. The lowest BCUT2D eigenvalue weighted by molar-refractivity contribution is 0.0301. The molecular weight excluding hydrogens is 418 g/mol. The van der Waals surface area contributed by atoms with Gasteiger partial charge in [0.15, 0.2) is 17.3 Å². The van der Waals surface area contributed by atoms with Gasteiger partial charge in [-0.1, -0.05) is 25.0 Å². The summed E-state index contributed by atoms with van der Waals surface area (Å²) in [5.74, 6) is 0.277. The molecule has 170 valence electrons. The maximum atomic E-state index is 13.4. The van der Waals surface area contributed by atoms with Crippen molar-refractivity contribution in [3.05, 3.63) is 58.8 Å². The van der Waals surface area contributed by atoms with Crippen molar-refractivity contribution in [3.63, 3.8) is 0 Å². The van der Waals surface area contributed by atoms with Crippen LogP contribution in [0.3, 0.4) is 0 Å². The van der Waals surface area contributed by atoms with Gasteiger partial charge in [0.25, 0.3) is 5.91 Å². The molecule has 1 spiro atoms. The van der Waals surface area contributed by atoms with Crippen LogP contribution in [0.5, 0.6) is 5.75 Å². The molecule has 6 nitrogen and oxygen atoms in total. The third-order valence-electron chi connectivity index (χ3n) is 6.89. The van der Waals surface area contributed by atoms with Gasteiger partial charge in [-0.15, -0.1) is 0 Å². The summed E-state index contributed by atoms with van der Waals surface area (Å²) in [4.78, 5) is 38.0. The quantitative estimate of drug-likeness (QED) is 0.481. The summed E-state index contributed by atoms with van der Waals surface area (Å²) in [5, 5.41) is 3.44. The number of carbonyl (C=O) groups is 3. The SMILES string of the molecule is CC(=O)c1cccc(NC(=O)c2oc3ccc4c(c3c2C)C(=O)CC2(CCCCCC2)O4)c1. The van der Waals surface area contributed by atoms with E-state index in [1.54, 1.807) is 43.3 Å². The van der Waals surface area contributed by atoms with Gasteiger partial charge in [-0.2, -0.15) is 0 Å². The number of furan rings is 1. The third kappa shape index (κ3) is 3.84. The Labute approximate surface area is 192 Å². The van der Waals surface area contributed by atoms with E-state index in [-0.39, 0.29) is 17.3 Å². The summed E-state index contributed by atoms with van der Waals surface area (Å²) in [5.41, 5.74) is 2.22. The molecule has 1 fully saturated rings. The Hall–Kier alpha value is -3.41. The first-order chi connectivity index (χ1) is 15.9. The maximum Gasteiger partial charge on any atom is 0.291 e. The van der Waals surface area contributed by atoms with Gasteiger partial charge in [0.05, 0.1) is 12.0 Å². The van der Waals surface area contributed by atoms with E-state index < -0.39 is 11.5 Å². The van der Waals surface area contributed by atoms with Crippen LogP contribution in [0.25, 0.3) is 11.0 Å². The predicted octanol–water partition coefficient (Wildman–Crippen LogP) is 6.25. The summed E-state index contributed by atoms with van der Waals surface area (Å²) in [6, 6.07) is 10.3. The normalized spacial score (nSPS) is 17.3. The van der Waals surface area contributed by atoms with E-state index in [0.29, 0.717) is 45.5 Å². The molecule has 1 aromatic heterocycles. The zero-order valence-electron chi connectivity index (χ0n) is 19.0. The van der Waals surface area contributed by atoms with Gasteiger partial charge in [0.2, 0.25) is 0 Å². The maximum absolute atomic E-state index is 13.4. The molecule has 3 aromatic rings. The highest BCUT2D eigenvalue weighted by atomic mass is 16.5. The Balaban J connectivity index is 1.50. The van der Waals surface area contributed by atoms with Crippen LogP contribution >= 0.6 is 0 Å². The molecule has 1 amide bonds. The highest BCUT2D eigenvalue weighted by molar-refractivity contribution is 6.15. The van der Waals surface area contributed by atoms with Crippen molar-refractivity contribution >= 4 is 34.1 Å². The average Bonchev–Trinajstić information content (AvgIpc) is 2.96. The number of amides is 1. The number of ether oxygens (including phenoxy) is 1. The molecule has 0 unspecified atom stereocenters. The van der Waals surface area contributed by atoms with Gasteiger partial charge in [-0.3, -0.25) is 14.4 Å².